The number of anilines is 1. The van der Waals surface area contributed by atoms with Crippen LogP contribution in [0.5, 0.6) is 11.5 Å². The molecular weight excluding hydrogens is 804 g/mol. The van der Waals surface area contributed by atoms with Crippen LogP contribution in [0, 0.1) is 0 Å². The maximum atomic E-state index is 13.5. The minimum absolute atomic E-state index is 0. The molecule has 9 N–H and O–H groups in total. The van der Waals surface area contributed by atoms with Gasteiger partial charge in [0.05, 0.1) is 16.8 Å². The third-order valence-corrected chi connectivity index (χ3v) is 10.6. The molecule has 2 aromatic rings. The average molecular weight is 832 g/mol. The smallest absolute Gasteiger partial charge is 1.00 e. The minimum Gasteiger partial charge on any atom is -1.00 e. The minimum atomic E-state index is -1.43. The van der Waals surface area contributed by atoms with E-state index in [0.717, 1.165) is 33.4 Å². The summed E-state index contributed by atoms with van der Waals surface area (Å²) in [5.74, 6) is -5.05. The number of phenols is 2. The molecule has 2 atom stereocenters. The number of allylic oxidation sites excluding steroid dienone is 1. The predicted molar refractivity (Wildman–Crippen MR) is 184 cm³/mol. The number of nitrogen functional groups attached to an aromatic ring is 1. The summed E-state index contributed by atoms with van der Waals surface area (Å²) in [6, 6.07) is 0.621. The molecule has 1 aromatic carbocycles. The van der Waals surface area contributed by atoms with Crippen LogP contribution in [-0.4, -0.2) is 110 Å². The summed E-state index contributed by atoms with van der Waals surface area (Å²) in [6.45, 7) is 1.17. The molecule has 54 heavy (non-hydrogen) atoms. The Morgan fingerprint density at radius 2 is 1.85 bits per heavy atom. The van der Waals surface area contributed by atoms with Crippen molar-refractivity contribution in [2.75, 3.05) is 17.2 Å². The fraction of sp³-hybridized carbons (Fsp3) is 0.214. The number of thiazole rings is 1. The van der Waals surface area contributed by atoms with Crippen molar-refractivity contribution in [1.29, 1.82) is 0 Å². The number of benzene rings is 1. The Hall–Kier alpha value is -2.78. The van der Waals surface area contributed by atoms with Gasteiger partial charge in [-0.2, -0.15) is 5.01 Å². The topological polar surface area (TPSA) is 293 Å². The van der Waals surface area contributed by atoms with Gasteiger partial charge in [-0.3, -0.25) is 14.5 Å². The van der Waals surface area contributed by atoms with E-state index < -0.39 is 70.6 Å². The number of aromatic carboxylic acids is 1. The number of aromatic hydroxyl groups is 2. The maximum absolute atomic E-state index is 13.5. The number of nitrogens with zero attached hydrogens (tertiary/aromatic N) is 6. The number of rotatable bonds is 11. The van der Waals surface area contributed by atoms with Crippen molar-refractivity contribution in [2.24, 2.45) is 10.1 Å². The Morgan fingerprint density at radius 3 is 2.48 bits per heavy atom. The van der Waals surface area contributed by atoms with Crippen molar-refractivity contribution in [3.8, 4) is 11.5 Å². The number of hydrogen-bond donors (Lipinski definition) is 8. The van der Waals surface area contributed by atoms with Gasteiger partial charge in [0.2, 0.25) is 0 Å². The number of aliphatic carboxylic acids is 1. The Morgan fingerprint density at radius 1 is 1.15 bits per heavy atom. The number of aliphatic imine (C=N–C) groups is 1. The summed E-state index contributed by atoms with van der Waals surface area (Å²) in [6.07, 6.45) is 1.72. The van der Waals surface area contributed by atoms with Gasteiger partial charge in [-0.05, 0) is 30.7 Å². The number of aromatic nitrogens is 1. The average Bonchev–Trinajstić information content (AvgIpc) is 3.71. The van der Waals surface area contributed by atoms with Gasteiger partial charge in [0.1, 0.15) is 29.4 Å². The zero-order valence-electron chi connectivity index (χ0n) is 31.8. The Balaban J connectivity index is 0.00000523. The van der Waals surface area contributed by atoms with Gasteiger partial charge in [0.25, 0.3) is 11.8 Å². The van der Waals surface area contributed by atoms with Crippen molar-refractivity contribution < 1.29 is 147 Å². The van der Waals surface area contributed by atoms with E-state index in [-0.39, 0.29) is 127 Å². The zero-order valence-corrected chi connectivity index (χ0v) is 37.3. The third-order valence-electron chi connectivity index (χ3n) is 7.45. The van der Waals surface area contributed by atoms with Crippen LogP contribution in [-0.2, 0) is 25.8 Å². The van der Waals surface area contributed by atoms with E-state index in [1.165, 1.54) is 40.1 Å². The number of hydrazine groups is 2. The summed E-state index contributed by atoms with van der Waals surface area (Å²) in [7, 11) is 0. The number of hydrogen-bond acceptors (Lipinski definition) is 17. The first kappa shape index (κ1) is 45.6. The molecule has 0 aliphatic carbocycles. The fourth-order valence-corrected chi connectivity index (χ4v) is 8.23. The Kier molecular flexibility index (Phi) is 16.0. The van der Waals surface area contributed by atoms with Gasteiger partial charge in [-0.25, -0.2) is 29.4 Å². The normalized spacial score (nSPS) is 18.7. The van der Waals surface area contributed by atoms with Crippen molar-refractivity contribution in [3.63, 3.8) is 0 Å². The molecule has 20 nitrogen and oxygen atoms in total. The van der Waals surface area contributed by atoms with Gasteiger partial charge in [-0.1, -0.05) is 5.16 Å². The van der Waals surface area contributed by atoms with Crippen molar-refractivity contribution >= 4 is 81.3 Å². The number of amides is 3. The van der Waals surface area contributed by atoms with E-state index in [4.69, 9.17) is 10.6 Å². The predicted octanol–water partition coefficient (Wildman–Crippen LogP) is -7.59. The molecule has 4 aliphatic heterocycles. The molecule has 0 bridgehead atoms. The summed E-state index contributed by atoms with van der Waals surface area (Å²) in [5.41, 5.74) is 8.25. The van der Waals surface area contributed by atoms with Crippen molar-refractivity contribution in [2.45, 2.75) is 24.9 Å². The molecule has 0 unspecified atom stereocenters. The second kappa shape index (κ2) is 18.9. The molecule has 1 saturated heterocycles. The number of β-lactam (4-membered cyclic amide) rings is 1. The van der Waals surface area contributed by atoms with Crippen LogP contribution < -0.4 is 105 Å². The first-order valence-corrected chi connectivity index (χ1v) is 17.3. The molecule has 1 aromatic heterocycles. The fourth-order valence-electron chi connectivity index (χ4n) is 5.13. The summed E-state index contributed by atoms with van der Waals surface area (Å²) in [5, 5.41) is 58.3. The van der Waals surface area contributed by atoms with Crippen LogP contribution in [0.4, 0.5) is 9.93 Å². The van der Waals surface area contributed by atoms with Crippen molar-refractivity contribution in [3.05, 3.63) is 68.7 Å². The van der Waals surface area contributed by atoms with Crippen LogP contribution in [0.2, 0.25) is 0 Å². The van der Waals surface area contributed by atoms with Crippen LogP contribution in [0.25, 0.3) is 0 Å². The van der Waals surface area contributed by atoms with E-state index in [1.807, 2.05) is 0 Å². The van der Waals surface area contributed by atoms with E-state index in [2.05, 4.69) is 26.0 Å². The second-order valence-electron chi connectivity index (χ2n) is 10.8. The molecule has 4 aliphatic rings. The second-order valence-corrected chi connectivity index (χ2v) is 13.8. The molecule has 272 valence electrons. The zero-order chi connectivity index (χ0) is 36.7. The van der Waals surface area contributed by atoms with E-state index in [9.17, 15) is 49.5 Å². The van der Waals surface area contributed by atoms with Crippen LogP contribution in [0.15, 0.2) is 62.1 Å². The van der Waals surface area contributed by atoms with E-state index >= 15 is 0 Å². The number of carbonyl (C=O) groups is 5. The number of nitrogens with two attached hydrogens (primary N) is 1. The third kappa shape index (κ3) is 9.42. The SMILES string of the molecule is CC1=NC2=CN(C(=O)O)NN2C(SCC2=C(C(=O)O)N3C(=O)[C@@H](NC(=O)/C(=N\OCc4cc(O)c(O)cc4C(=O)O)c4csc(N)n4)[C@H]3SC2)=C1.[H-].[H-].[H-].[Na+].[Na+].[Na+]. The maximum Gasteiger partial charge on any atom is 1.00 e. The molecule has 0 saturated carbocycles. The molecular formula is C28H28N9Na3O11S3. The number of carboxylic acids is 2. The number of nitrogens with one attached hydrogen (secondary N) is 2. The van der Waals surface area contributed by atoms with Gasteiger partial charge < -0.3 is 45.7 Å². The van der Waals surface area contributed by atoms with Gasteiger partial charge in [0, 0.05) is 28.2 Å². The number of thioether (sulfide) groups is 2. The number of oxime groups is 1. The van der Waals surface area contributed by atoms with E-state index in [0.29, 0.717) is 22.1 Å². The van der Waals surface area contributed by atoms with Crippen LogP contribution >= 0.6 is 34.9 Å². The molecule has 5 heterocycles. The molecule has 0 radical (unpaired) electrons. The molecule has 6 rings (SSSR count). The van der Waals surface area contributed by atoms with Crippen molar-refractivity contribution in [1.82, 2.24) is 30.8 Å². The first-order valence-electron chi connectivity index (χ1n) is 14.3. The van der Waals surface area contributed by atoms with Crippen LogP contribution in [0.1, 0.15) is 32.8 Å². The Labute approximate surface area is 387 Å². The Bertz CT molecular complexity index is 2080. The number of phenolic OH excluding ortho intramolecular Hbond substituents is 2. The standard InChI is InChI=1S/C28H25N9O11S3.3Na.3H/c1-10-2-18(37-17(30-10)5-35(34-37)28(46)47)49-7-12-8-50-24-20(23(41)36(24)21(12)26(44)45)32-22(40)19(14-9-51-27(29)31-14)33-48-6-11-3-15(38)16(39)4-13(11)25(42)43;;;;;;/h2-5,9,20,24,34,38-39H,6-8H2,1H3,(H2,29,31)(H,32,40)(H,42,43)(H,44,45)(H,46,47);;;;;;/q;3*+1;3*-1/b33-19-;;;;;;/t20-,24-;;;;;;/m1....../s1. The summed E-state index contributed by atoms with van der Waals surface area (Å²) >= 11 is 3.41. The van der Waals surface area contributed by atoms with E-state index in [1.54, 1.807) is 13.0 Å². The molecule has 3 amide bonds. The first-order chi connectivity index (χ1) is 24.2. The number of carbonyl (C=O) groups excluding carboxylic acids is 2. The van der Waals surface area contributed by atoms with Crippen LogP contribution in [0.3, 0.4) is 0 Å². The summed E-state index contributed by atoms with van der Waals surface area (Å²) in [4.78, 5) is 77.1. The van der Waals surface area contributed by atoms with Gasteiger partial charge in [-0.15, -0.1) is 40.4 Å². The molecule has 1 fully saturated rings. The van der Waals surface area contributed by atoms with Gasteiger partial charge in [0.15, 0.2) is 28.2 Å². The summed E-state index contributed by atoms with van der Waals surface area (Å²) < 4.78 is 0. The quantitative estimate of drug-likeness (QED) is 0.0343. The van der Waals surface area contributed by atoms with Gasteiger partial charge >= 0.3 is 107 Å². The monoisotopic (exact) mass is 831 g/mol. The number of carboxylic acid groups (broad SMARTS) is 3. The largest absolute Gasteiger partial charge is 1.00 e. The molecule has 26 heteroatoms. The number of fused-ring (bicyclic) bond motifs is 2. The molecule has 0 spiro atoms.